The second kappa shape index (κ2) is 6.47. The van der Waals surface area contributed by atoms with Gasteiger partial charge >= 0.3 is 6.09 Å². The molecule has 0 aliphatic heterocycles. The third-order valence-electron chi connectivity index (χ3n) is 2.60. The van der Waals surface area contributed by atoms with Crippen LogP contribution < -0.4 is 5.32 Å². The first kappa shape index (κ1) is 14.4. The molecule has 0 unspecified atom stereocenters. The van der Waals surface area contributed by atoms with E-state index in [-0.39, 0.29) is 12.3 Å². The summed E-state index contributed by atoms with van der Waals surface area (Å²) in [4.78, 5) is 21.7. The highest BCUT2D eigenvalue weighted by atomic mass is 19.1. The predicted octanol–water partition coefficient (Wildman–Crippen LogP) is 3.48. The molecule has 2 aromatic rings. The Labute approximate surface area is 119 Å². The lowest BCUT2D eigenvalue weighted by Gasteiger charge is -2.07. The minimum atomic E-state index is -0.896. The van der Waals surface area contributed by atoms with E-state index in [4.69, 9.17) is 4.74 Å². The zero-order valence-electron chi connectivity index (χ0n) is 10.8. The van der Waals surface area contributed by atoms with Crippen LogP contribution in [-0.2, 0) is 11.3 Å². The van der Waals surface area contributed by atoms with Gasteiger partial charge in [0, 0.05) is 12.1 Å². The fourth-order valence-electron chi connectivity index (χ4n) is 1.64. The Hall–Kier alpha value is -2.96. The molecule has 0 saturated carbocycles. The number of hydrogen-bond donors (Lipinski definition) is 1. The monoisotopic (exact) mass is 290 g/mol. The Morgan fingerprint density at radius 3 is 2.62 bits per heavy atom. The van der Waals surface area contributed by atoms with Crippen LogP contribution in [0.4, 0.5) is 20.6 Å². The standard InChI is InChI=1S/C14H11FN2O4/c15-11-6-7-13(17(19)20)12(8-11)16-14(18)21-9-10-4-2-1-3-5-10/h1-8H,9H2,(H,16,18). The SMILES string of the molecule is O=C(Nc1cc(F)ccc1[N+](=O)[O-])OCc1ccccc1. The molecule has 0 fully saturated rings. The van der Waals surface area contributed by atoms with E-state index in [9.17, 15) is 19.3 Å². The molecule has 1 N–H and O–H groups in total. The molecule has 0 heterocycles. The van der Waals surface area contributed by atoms with Gasteiger partial charge in [0.1, 0.15) is 18.1 Å². The number of amides is 1. The highest BCUT2D eigenvalue weighted by Crippen LogP contribution is 2.25. The summed E-state index contributed by atoms with van der Waals surface area (Å²) in [7, 11) is 0. The van der Waals surface area contributed by atoms with E-state index >= 15 is 0 Å². The third-order valence-corrected chi connectivity index (χ3v) is 2.60. The average Bonchev–Trinajstić information content (AvgIpc) is 2.46. The van der Waals surface area contributed by atoms with Crippen LogP contribution in [0.5, 0.6) is 0 Å². The van der Waals surface area contributed by atoms with E-state index in [0.29, 0.717) is 0 Å². The molecule has 0 aliphatic carbocycles. The molecule has 6 nitrogen and oxygen atoms in total. The van der Waals surface area contributed by atoms with E-state index < -0.39 is 22.5 Å². The number of nitrogens with zero attached hydrogens (tertiary/aromatic N) is 1. The number of nitrogens with one attached hydrogen (secondary N) is 1. The number of carbonyl (C=O) groups excluding carboxylic acids is 1. The number of nitro groups is 1. The first-order valence-corrected chi connectivity index (χ1v) is 5.98. The maximum atomic E-state index is 13.1. The summed E-state index contributed by atoms with van der Waals surface area (Å²) in [5.41, 5.74) is 0.104. The van der Waals surface area contributed by atoms with E-state index in [1.165, 1.54) is 0 Å². The number of carbonyl (C=O) groups is 1. The minimum absolute atomic E-state index is 0.00971. The van der Waals surface area contributed by atoms with Gasteiger partial charge in [-0.25, -0.2) is 9.18 Å². The van der Waals surface area contributed by atoms with Crippen LogP contribution in [0.2, 0.25) is 0 Å². The highest BCUT2D eigenvalue weighted by Gasteiger charge is 2.17. The second-order valence-electron chi connectivity index (χ2n) is 4.11. The van der Waals surface area contributed by atoms with Crippen molar-refractivity contribution in [1.82, 2.24) is 0 Å². The lowest BCUT2D eigenvalue weighted by molar-refractivity contribution is -0.384. The van der Waals surface area contributed by atoms with Crippen molar-refractivity contribution in [3.05, 3.63) is 70.0 Å². The number of anilines is 1. The van der Waals surface area contributed by atoms with Crippen molar-refractivity contribution in [2.45, 2.75) is 6.61 Å². The van der Waals surface area contributed by atoms with Crippen molar-refractivity contribution < 1.29 is 18.8 Å². The van der Waals surface area contributed by atoms with Gasteiger partial charge in [0.25, 0.3) is 5.69 Å². The molecule has 0 bridgehead atoms. The van der Waals surface area contributed by atoms with Crippen LogP contribution in [-0.4, -0.2) is 11.0 Å². The predicted molar refractivity (Wildman–Crippen MR) is 73.3 cm³/mol. The van der Waals surface area contributed by atoms with Crippen molar-refractivity contribution in [3.8, 4) is 0 Å². The maximum Gasteiger partial charge on any atom is 0.412 e. The molecule has 0 saturated heterocycles. The lowest BCUT2D eigenvalue weighted by atomic mass is 10.2. The summed E-state index contributed by atoms with van der Waals surface area (Å²) in [6.45, 7) is 0.00971. The highest BCUT2D eigenvalue weighted by molar-refractivity contribution is 5.87. The lowest BCUT2D eigenvalue weighted by Crippen LogP contribution is -2.14. The smallest absolute Gasteiger partial charge is 0.412 e. The van der Waals surface area contributed by atoms with Gasteiger partial charge in [-0.1, -0.05) is 30.3 Å². The molecule has 0 spiro atoms. The first-order chi connectivity index (χ1) is 10.1. The summed E-state index contributed by atoms with van der Waals surface area (Å²) in [6, 6.07) is 11.7. The minimum Gasteiger partial charge on any atom is -0.444 e. The number of benzene rings is 2. The van der Waals surface area contributed by atoms with Crippen molar-refractivity contribution in [1.29, 1.82) is 0 Å². The fourth-order valence-corrected chi connectivity index (χ4v) is 1.64. The second-order valence-corrected chi connectivity index (χ2v) is 4.11. The number of nitro benzene ring substituents is 1. The van der Waals surface area contributed by atoms with E-state index in [0.717, 1.165) is 23.8 Å². The molecule has 7 heteroatoms. The van der Waals surface area contributed by atoms with Crippen LogP contribution >= 0.6 is 0 Å². The fraction of sp³-hybridized carbons (Fsp3) is 0.0714. The van der Waals surface area contributed by atoms with Crippen molar-refractivity contribution in [3.63, 3.8) is 0 Å². The number of ether oxygens (including phenoxy) is 1. The van der Waals surface area contributed by atoms with Crippen molar-refractivity contribution in [2.24, 2.45) is 0 Å². The van der Waals surface area contributed by atoms with Gasteiger partial charge in [-0.2, -0.15) is 0 Å². The van der Waals surface area contributed by atoms with Crippen LogP contribution in [0.25, 0.3) is 0 Å². The zero-order chi connectivity index (χ0) is 15.2. The van der Waals surface area contributed by atoms with Gasteiger partial charge in [0.2, 0.25) is 0 Å². The molecular weight excluding hydrogens is 279 g/mol. The summed E-state index contributed by atoms with van der Waals surface area (Å²) in [5, 5.41) is 12.9. The van der Waals surface area contributed by atoms with Crippen LogP contribution in [0, 0.1) is 15.9 Å². The van der Waals surface area contributed by atoms with E-state index in [1.807, 2.05) is 6.07 Å². The molecule has 0 aliphatic rings. The summed E-state index contributed by atoms with van der Waals surface area (Å²) in [6.07, 6.45) is -0.896. The molecule has 0 aromatic heterocycles. The van der Waals surface area contributed by atoms with Crippen LogP contribution in [0.15, 0.2) is 48.5 Å². The first-order valence-electron chi connectivity index (χ1n) is 5.98. The van der Waals surface area contributed by atoms with Gasteiger partial charge in [-0.15, -0.1) is 0 Å². The van der Waals surface area contributed by atoms with Crippen molar-refractivity contribution >= 4 is 17.5 Å². The molecule has 1 amide bonds. The molecule has 2 aromatic carbocycles. The number of hydrogen-bond acceptors (Lipinski definition) is 4. The maximum absolute atomic E-state index is 13.1. The van der Waals surface area contributed by atoms with Crippen molar-refractivity contribution in [2.75, 3.05) is 5.32 Å². The topological polar surface area (TPSA) is 81.5 Å². The largest absolute Gasteiger partial charge is 0.444 e. The number of halogens is 1. The Bertz CT molecular complexity index is 661. The molecule has 2 rings (SSSR count). The molecule has 0 radical (unpaired) electrons. The van der Waals surface area contributed by atoms with Gasteiger partial charge in [0.05, 0.1) is 4.92 Å². The molecule has 21 heavy (non-hydrogen) atoms. The van der Waals surface area contributed by atoms with Gasteiger partial charge in [0.15, 0.2) is 0 Å². The Balaban J connectivity index is 2.02. The Morgan fingerprint density at radius 2 is 1.95 bits per heavy atom. The molecule has 0 atom stereocenters. The van der Waals surface area contributed by atoms with Gasteiger partial charge in [-0.3, -0.25) is 15.4 Å². The zero-order valence-corrected chi connectivity index (χ0v) is 10.8. The summed E-state index contributed by atoms with van der Waals surface area (Å²) < 4.78 is 18.0. The Morgan fingerprint density at radius 1 is 1.24 bits per heavy atom. The quantitative estimate of drug-likeness (QED) is 0.690. The van der Waals surface area contributed by atoms with Crippen LogP contribution in [0.1, 0.15) is 5.56 Å². The van der Waals surface area contributed by atoms with Crippen LogP contribution in [0.3, 0.4) is 0 Å². The van der Waals surface area contributed by atoms with Gasteiger partial charge < -0.3 is 4.74 Å². The number of rotatable bonds is 4. The van der Waals surface area contributed by atoms with Gasteiger partial charge in [-0.05, 0) is 11.6 Å². The summed E-state index contributed by atoms with van der Waals surface area (Å²) in [5.74, 6) is -0.695. The summed E-state index contributed by atoms with van der Waals surface area (Å²) >= 11 is 0. The van der Waals surface area contributed by atoms with E-state index in [2.05, 4.69) is 5.32 Å². The molecule has 108 valence electrons. The molecular formula is C14H11FN2O4. The van der Waals surface area contributed by atoms with E-state index in [1.54, 1.807) is 24.3 Å². The Kier molecular flexibility index (Phi) is 4.45. The normalized spacial score (nSPS) is 9.95. The third kappa shape index (κ3) is 4.00. The average molecular weight is 290 g/mol.